The van der Waals surface area contributed by atoms with Crippen LogP contribution in [0.5, 0.6) is 0 Å². The quantitative estimate of drug-likeness (QED) is 0.194. The molecule has 0 amide bonds. The highest BCUT2D eigenvalue weighted by Gasteiger charge is 2.21. The first kappa shape index (κ1) is 27.0. The van der Waals surface area contributed by atoms with E-state index < -0.39 is 0 Å². The van der Waals surface area contributed by atoms with Gasteiger partial charge in [0.2, 0.25) is 0 Å². The van der Waals surface area contributed by atoms with E-state index in [0.29, 0.717) is 17.5 Å². The molecule has 0 N–H and O–H groups in total. The van der Waals surface area contributed by atoms with Crippen molar-refractivity contribution in [3.05, 3.63) is 152 Å². The van der Waals surface area contributed by atoms with E-state index in [4.69, 9.17) is 19.4 Å². The maximum atomic E-state index is 6.60. The van der Waals surface area contributed by atoms with Crippen LogP contribution in [0.25, 0.3) is 98.2 Å². The molecule has 10 rings (SSSR count). The summed E-state index contributed by atoms with van der Waals surface area (Å²) in [7, 11) is 0. The second-order valence-corrected chi connectivity index (χ2v) is 13.0. The van der Waals surface area contributed by atoms with Gasteiger partial charge in [0, 0.05) is 53.2 Å². The predicted octanol–water partition coefficient (Wildman–Crippen LogP) is 12.0. The first-order chi connectivity index (χ1) is 23.8. The molecule has 3 heterocycles. The SMILES string of the molecule is c1ccc(-c2ccc(-c3nc(-c4ccc5ccccc5c4)nc(-c4cccc5c4sc4ccccc45)n3)c3c2oc2ccccc23)cc1. The fourth-order valence-electron chi connectivity index (χ4n) is 6.86. The fourth-order valence-corrected chi connectivity index (χ4v) is 8.07. The molecule has 0 aliphatic heterocycles. The lowest BCUT2D eigenvalue weighted by Gasteiger charge is -2.11. The number of fused-ring (bicyclic) bond motifs is 7. The molecule has 5 heteroatoms. The monoisotopic (exact) mass is 631 g/mol. The van der Waals surface area contributed by atoms with Gasteiger partial charge in [-0.05, 0) is 52.7 Å². The second kappa shape index (κ2) is 10.7. The van der Waals surface area contributed by atoms with E-state index in [1.54, 1.807) is 11.3 Å². The second-order valence-electron chi connectivity index (χ2n) is 12.0. The van der Waals surface area contributed by atoms with Crippen molar-refractivity contribution in [1.82, 2.24) is 15.0 Å². The molecule has 224 valence electrons. The van der Waals surface area contributed by atoms with Gasteiger partial charge in [-0.15, -0.1) is 11.3 Å². The van der Waals surface area contributed by atoms with Crippen LogP contribution in [0.2, 0.25) is 0 Å². The lowest BCUT2D eigenvalue weighted by Crippen LogP contribution is -2.01. The minimum atomic E-state index is 0.609. The van der Waals surface area contributed by atoms with Gasteiger partial charge >= 0.3 is 0 Å². The van der Waals surface area contributed by atoms with Gasteiger partial charge in [-0.3, -0.25) is 0 Å². The van der Waals surface area contributed by atoms with Crippen LogP contribution in [0.1, 0.15) is 0 Å². The third-order valence-corrected chi connectivity index (χ3v) is 10.4. The Morgan fingerprint density at radius 3 is 2.02 bits per heavy atom. The first-order valence-corrected chi connectivity index (χ1v) is 16.8. The smallest absolute Gasteiger partial charge is 0.165 e. The van der Waals surface area contributed by atoms with E-state index in [-0.39, 0.29) is 0 Å². The topological polar surface area (TPSA) is 51.8 Å². The maximum absolute atomic E-state index is 6.60. The van der Waals surface area contributed by atoms with Crippen molar-refractivity contribution in [2.24, 2.45) is 0 Å². The molecule has 0 saturated heterocycles. The van der Waals surface area contributed by atoms with Crippen molar-refractivity contribution < 1.29 is 4.42 Å². The van der Waals surface area contributed by atoms with Crippen molar-refractivity contribution in [3.8, 4) is 45.3 Å². The molecule has 0 bridgehead atoms. The van der Waals surface area contributed by atoms with Crippen LogP contribution in [0.4, 0.5) is 0 Å². The van der Waals surface area contributed by atoms with Gasteiger partial charge in [0.05, 0.1) is 0 Å². The average Bonchev–Trinajstić information content (AvgIpc) is 3.74. The number of para-hydroxylation sites is 1. The maximum Gasteiger partial charge on any atom is 0.165 e. The van der Waals surface area contributed by atoms with Crippen LogP contribution in [0.15, 0.2) is 156 Å². The summed E-state index contributed by atoms with van der Waals surface area (Å²) in [6.07, 6.45) is 0. The van der Waals surface area contributed by atoms with E-state index >= 15 is 0 Å². The van der Waals surface area contributed by atoms with Crippen molar-refractivity contribution in [3.63, 3.8) is 0 Å². The molecule has 0 unspecified atom stereocenters. The van der Waals surface area contributed by atoms with Gasteiger partial charge in [0.25, 0.3) is 0 Å². The van der Waals surface area contributed by atoms with Crippen molar-refractivity contribution in [1.29, 1.82) is 0 Å². The molecular formula is C43H25N3OS. The predicted molar refractivity (Wildman–Crippen MR) is 199 cm³/mol. The Kier molecular flexibility index (Phi) is 6.01. The van der Waals surface area contributed by atoms with Crippen molar-refractivity contribution >= 4 is 64.2 Å². The zero-order chi connectivity index (χ0) is 31.6. The van der Waals surface area contributed by atoms with Crippen LogP contribution in [0.3, 0.4) is 0 Å². The van der Waals surface area contributed by atoms with Gasteiger partial charge < -0.3 is 4.42 Å². The average molecular weight is 632 g/mol. The third-order valence-electron chi connectivity index (χ3n) is 9.14. The minimum Gasteiger partial charge on any atom is -0.455 e. The van der Waals surface area contributed by atoms with Crippen LogP contribution in [-0.4, -0.2) is 15.0 Å². The fraction of sp³-hybridized carbons (Fsp3) is 0. The number of rotatable bonds is 4. The number of furan rings is 1. The minimum absolute atomic E-state index is 0.609. The number of thiophene rings is 1. The Morgan fingerprint density at radius 2 is 1.12 bits per heavy atom. The molecule has 4 nitrogen and oxygen atoms in total. The highest BCUT2D eigenvalue weighted by molar-refractivity contribution is 7.26. The molecule has 0 radical (unpaired) electrons. The van der Waals surface area contributed by atoms with Crippen molar-refractivity contribution in [2.45, 2.75) is 0 Å². The van der Waals surface area contributed by atoms with Gasteiger partial charge in [-0.1, -0.05) is 115 Å². The number of benzene rings is 7. The summed E-state index contributed by atoms with van der Waals surface area (Å²) in [6, 6.07) is 52.6. The van der Waals surface area contributed by atoms with Gasteiger partial charge in [-0.25, -0.2) is 15.0 Å². The molecule has 0 fully saturated rings. The van der Waals surface area contributed by atoms with Gasteiger partial charge in [0.15, 0.2) is 17.5 Å². The summed E-state index contributed by atoms with van der Waals surface area (Å²) < 4.78 is 9.01. The van der Waals surface area contributed by atoms with E-state index in [1.165, 1.54) is 25.6 Å². The summed E-state index contributed by atoms with van der Waals surface area (Å²) in [5.74, 6) is 1.89. The molecule has 0 spiro atoms. The van der Waals surface area contributed by atoms with Crippen molar-refractivity contribution in [2.75, 3.05) is 0 Å². The third kappa shape index (κ3) is 4.25. The van der Waals surface area contributed by atoms with E-state index in [9.17, 15) is 0 Å². The number of nitrogens with zero attached hydrogens (tertiary/aromatic N) is 3. The molecule has 0 aliphatic carbocycles. The largest absolute Gasteiger partial charge is 0.455 e. The molecular weight excluding hydrogens is 607 g/mol. The lowest BCUT2D eigenvalue weighted by atomic mass is 9.98. The molecule has 0 atom stereocenters. The number of hydrogen-bond acceptors (Lipinski definition) is 5. The standard InChI is InChI=1S/C43H25N3OS/c1-2-12-27(13-3-1)30-23-24-34(38-33-16-6-8-19-36(33)47-39(30)38)42-44-41(29-22-21-26-11-4-5-14-28(26)25-29)45-43(46-42)35-18-10-17-32-31-15-7-9-20-37(31)48-40(32)35/h1-25H. The van der Waals surface area contributed by atoms with Crippen LogP contribution in [-0.2, 0) is 0 Å². The van der Waals surface area contributed by atoms with Crippen LogP contribution in [0, 0.1) is 0 Å². The number of aromatic nitrogens is 3. The summed E-state index contributed by atoms with van der Waals surface area (Å²) in [6.45, 7) is 0. The van der Waals surface area contributed by atoms with Crippen LogP contribution >= 0.6 is 11.3 Å². The van der Waals surface area contributed by atoms with E-state index in [2.05, 4.69) is 133 Å². The Bertz CT molecular complexity index is 2850. The summed E-state index contributed by atoms with van der Waals surface area (Å²) >= 11 is 1.78. The summed E-state index contributed by atoms with van der Waals surface area (Å²) in [4.78, 5) is 15.7. The molecule has 48 heavy (non-hydrogen) atoms. The molecule has 0 aliphatic rings. The van der Waals surface area contributed by atoms with E-state index in [1.807, 2.05) is 18.2 Å². The lowest BCUT2D eigenvalue weighted by molar-refractivity contribution is 0.670. The Hall–Kier alpha value is -6.17. The summed E-state index contributed by atoms with van der Waals surface area (Å²) in [5.41, 5.74) is 6.62. The highest BCUT2D eigenvalue weighted by atomic mass is 32.1. The van der Waals surface area contributed by atoms with Gasteiger partial charge in [0.1, 0.15) is 11.2 Å². The Morgan fingerprint density at radius 1 is 0.438 bits per heavy atom. The first-order valence-electron chi connectivity index (χ1n) is 15.9. The zero-order valence-electron chi connectivity index (χ0n) is 25.6. The van der Waals surface area contributed by atoms with Gasteiger partial charge in [-0.2, -0.15) is 0 Å². The molecule has 7 aromatic carbocycles. The Balaban J connectivity index is 1.28. The molecule has 3 aromatic heterocycles. The number of hydrogen-bond donors (Lipinski definition) is 0. The van der Waals surface area contributed by atoms with Crippen LogP contribution < -0.4 is 0 Å². The normalized spacial score (nSPS) is 11.8. The molecule has 10 aromatic rings. The summed E-state index contributed by atoms with van der Waals surface area (Å²) in [5, 5.41) is 6.79. The van der Waals surface area contributed by atoms with E-state index in [0.717, 1.165) is 55.1 Å². The Labute approximate surface area is 279 Å². The molecule has 0 saturated carbocycles. The zero-order valence-corrected chi connectivity index (χ0v) is 26.4. The highest BCUT2D eigenvalue weighted by Crippen LogP contribution is 2.43.